The van der Waals surface area contributed by atoms with Gasteiger partial charge in [0.1, 0.15) is 11.6 Å². The number of nitrogens with zero attached hydrogens (tertiary/aromatic N) is 4. The Bertz CT molecular complexity index is 817. The average Bonchev–Trinajstić information content (AvgIpc) is 3.13. The number of methoxy groups -OCH3 is 1. The quantitative estimate of drug-likeness (QED) is 0.474. The number of aromatic nitrogens is 3. The smallest absolute Gasteiger partial charge is 0.234 e. The molecule has 1 amide bonds. The maximum absolute atomic E-state index is 12.3. The number of benzene rings is 1. The fourth-order valence-corrected chi connectivity index (χ4v) is 4.16. The predicted molar refractivity (Wildman–Crippen MR) is 117 cm³/mol. The Hall–Kier alpha value is -2.32. The molecule has 8 heteroatoms. The summed E-state index contributed by atoms with van der Waals surface area (Å²) in [6.07, 6.45) is 6.60. The third-order valence-corrected chi connectivity index (χ3v) is 5.86. The molecule has 0 spiro atoms. The molecule has 29 heavy (non-hydrogen) atoms. The lowest BCUT2D eigenvalue weighted by atomic mass is 10.1. The Morgan fingerprint density at radius 2 is 2.14 bits per heavy atom. The molecule has 1 saturated heterocycles. The fourth-order valence-electron chi connectivity index (χ4n) is 3.39. The van der Waals surface area contributed by atoms with E-state index in [4.69, 9.17) is 4.74 Å². The normalized spacial score (nSPS) is 14.5. The van der Waals surface area contributed by atoms with Crippen LogP contribution in [0.4, 0.5) is 5.69 Å². The molecule has 0 saturated carbocycles. The minimum absolute atomic E-state index is 0.0914. The molecule has 0 aliphatic carbocycles. The summed E-state index contributed by atoms with van der Waals surface area (Å²) < 4.78 is 7.24. The van der Waals surface area contributed by atoms with Crippen molar-refractivity contribution in [3.05, 3.63) is 42.7 Å². The Morgan fingerprint density at radius 3 is 2.90 bits per heavy atom. The highest BCUT2D eigenvalue weighted by atomic mass is 32.2. The first-order valence-corrected chi connectivity index (χ1v) is 11.0. The molecule has 1 aliphatic heterocycles. The highest BCUT2D eigenvalue weighted by Gasteiger charge is 2.16. The monoisotopic (exact) mass is 415 g/mol. The van der Waals surface area contributed by atoms with Gasteiger partial charge in [-0.3, -0.25) is 4.79 Å². The second-order valence-corrected chi connectivity index (χ2v) is 7.96. The zero-order valence-electron chi connectivity index (χ0n) is 17.0. The van der Waals surface area contributed by atoms with Gasteiger partial charge in [0, 0.05) is 31.3 Å². The van der Waals surface area contributed by atoms with Crippen LogP contribution in [0.2, 0.25) is 0 Å². The van der Waals surface area contributed by atoms with Crippen LogP contribution < -0.4 is 10.1 Å². The van der Waals surface area contributed by atoms with Crippen LogP contribution in [0.25, 0.3) is 0 Å². The van der Waals surface area contributed by atoms with Crippen molar-refractivity contribution in [2.24, 2.45) is 0 Å². The van der Waals surface area contributed by atoms with Gasteiger partial charge in [-0.15, -0.1) is 16.8 Å². The van der Waals surface area contributed by atoms with Crippen molar-refractivity contribution in [1.29, 1.82) is 0 Å². The number of nitrogens with one attached hydrogen (secondary N) is 1. The summed E-state index contributed by atoms with van der Waals surface area (Å²) in [7, 11) is 1.60. The number of amides is 1. The van der Waals surface area contributed by atoms with Crippen molar-refractivity contribution in [1.82, 2.24) is 19.7 Å². The highest BCUT2D eigenvalue weighted by Crippen LogP contribution is 2.20. The molecule has 2 aromatic rings. The van der Waals surface area contributed by atoms with Crippen LogP contribution in [0.5, 0.6) is 5.75 Å². The molecule has 3 rings (SSSR count). The van der Waals surface area contributed by atoms with E-state index in [1.54, 1.807) is 13.2 Å². The van der Waals surface area contributed by atoms with Crippen LogP contribution in [-0.4, -0.2) is 58.1 Å². The number of hydrogen-bond acceptors (Lipinski definition) is 6. The number of rotatable bonds is 10. The third kappa shape index (κ3) is 6.33. The van der Waals surface area contributed by atoms with Crippen molar-refractivity contribution < 1.29 is 9.53 Å². The van der Waals surface area contributed by atoms with Gasteiger partial charge in [0.2, 0.25) is 5.91 Å². The SMILES string of the molecule is C=CCn1c(CCN2CCCCC2)nnc1SCC(=O)Nc1cccc(OC)c1. The van der Waals surface area contributed by atoms with Gasteiger partial charge in [0.25, 0.3) is 0 Å². The van der Waals surface area contributed by atoms with E-state index in [-0.39, 0.29) is 11.7 Å². The number of carbonyl (C=O) groups excluding carboxylic acids is 1. The first-order valence-electron chi connectivity index (χ1n) is 10.0. The van der Waals surface area contributed by atoms with Crippen molar-refractivity contribution >= 4 is 23.4 Å². The molecule has 0 unspecified atom stereocenters. The third-order valence-electron chi connectivity index (χ3n) is 4.89. The summed E-state index contributed by atoms with van der Waals surface area (Å²) >= 11 is 1.39. The second-order valence-electron chi connectivity index (χ2n) is 7.02. The number of carbonyl (C=O) groups is 1. The Kier molecular flexibility index (Phi) is 8.13. The van der Waals surface area contributed by atoms with Gasteiger partial charge in [-0.05, 0) is 38.1 Å². The van der Waals surface area contributed by atoms with E-state index in [2.05, 4.69) is 31.6 Å². The van der Waals surface area contributed by atoms with Crippen LogP contribution in [-0.2, 0) is 17.8 Å². The molecular formula is C21H29N5O2S. The molecular weight excluding hydrogens is 386 g/mol. The minimum Gasteiger partial charge on any atom is -0.497 e. The molecule has 1 N–H and O–H groups in total. The molecule has 156 valence electrons. The van der Waals surface area contributed by atoms with E-state index >= 15 is 0 Å². The van der Waals surface area contributed by atoms with E-state index < -0.39 is 0 Å². The maximum Gasteiger partial charge on any atom is 0.234 e. The average molecular weight is 416 g/mol. The van der Waals surface area contributed by atoms with E-state index in [9.17, 15) is 4.79 Å². The number of hydrogen-bond donors (Lipinski definition) is 1. The zero-order valence-corrected chi connectivity index (χ0v) is 17.8. The number of likely N-dealkylation sites (tertiary alicyclic amines) is 1. The standard InChI is InChI=1S/C21H29N5O2S/c1-3-11-26-19(10-14-25-12-5-4-6-13-25)23-24-21(26)29-16-20(27)22-17-8-7-9-18(15-17)28-2/h3,7-9,15H,1,4-6,10-14,16H2,2H3,(H,22,27). The van der Waals surface area contributed by atoms with Gasteiger partial charge in [-0.2, -0.15) is 0 Å². The summed E-state index contributed by atoms with van der Waals surface area (Å²) in [4.78, 5) is 14.8. The topological polar surface area (TPSA) is 72.3 Å². The largest absolute Gasteiger partial charge is 0.497 e. The van der Waals surface area contributed by atoms with E-state index in [1.807, 2.05) is 24.3 Å². The molecule has 1 aliphatic rings. The number of anilines is 1. The number of allylic oxidation sites excluding steroid dienone is 1. The van der Waals surface area contributed by atoms with Crippen LogP contribution in [0, 0.1) is 0 Å². The molecule has 1 aromatic heterocycles. The first-order chi connectivity index (χ1) is 14.2. The van der Waals surface area contributed by atoms with Gasteiger partial charge < -0.3 is 19.5 Å². The van der Waals surface area contributed by atoms with Gasteiger partial charge in [0.15, 0.2) is 5.16 Å². The Morgan fingerprint density at radius 1 is 1.31 bits per heavy atom. The molecule has 7 nitrogen and oxygen atoms in total. The first kappa shape index (κ1) is 21.4. The molecule has 0 bridgehead atoms. The lowest BCUT2D eigenvalue weighted by Crippen LogP contribution is -2.32. The zero-order chi connectivity index (χ0) is 20.5. The van der Waals surface area contributed by atoms with Gasteiger partial charge in [-0.1, -0.05) is 30.3 Å². The highest BCUT2D eigenvalue weighted by molar-refractivity contribution is 7.99. The summed E-state index contributed by atoms with van der Waals surface area (Å²) in [6, 6.07) is 7.32. The fraction of sp³-hybridized carbons (Fsp3) is 0.476. The van der Waals surface area contributed by atoms with E-state index in [0.717, 1.165) is 23.9 Å². The summed E-state index contributed by atoms with van der Waals surface area (Å²) in [5.41, 5.74) is 0.713. The summed E-state index contributed by atoms with van der Waals surface area (Å²) in [5, 5.41) is 12.3. The van der Waals surface area contributed by atoms with Crippen LogP contribution in [0.15, 0.2) is 42.1 Å². The molecule has 1 aromatic carbocycles. The lowest BCUT2D eigenvalue weighted by molar-refractivity contribution is -0.113. The number of thioether (sulfide) groups is 1. The Balaban J connectivity index is 1.55. The number of piperidine rings is 1. The van der Waals surface area contributed by atoms with E-state index in [0.29, 0.717) is 18.0 Å². The van der Waals surface area contributed by atoms with Crippen molar-refractivity contribution in [3.63, 3.8) is 0 Å². The van der Waals surface area contributed by atoms with Gasteiger partial charge in [-0.25, -0.2) is 0 Å². The molecule has 2 heterocycles. The van der Waals surface area contributed by atoms with E-state index in [1.165, 1.54) is 44.1 Å². The van der Waals surface area contributed by atoms with Crippen LogP contribution in [0.3, 0.4) is 0 Å². The van der Waals surface area contributed by atoms with Crippen LogP contribution >= 0.6 is 11.8 Å². The number of ether oxygens (including phenoxy) is 1. The summed E-state index contributed by atoms with van der Waals surface area (Å²) in [5.74, 6) is 1.83. The second kappa shape index (κ2) is 11.0. The molecule has 1 fully saturated rings. The van der Waals surface area contributed by atoms with Gasteiger partial charge in [0.05, 0.1) is 12.9 Å². The Labute approximate surface area is 176 Å². The lowest BCUT2D eigenvalue weighted by Gasteiger charge is -2.26. The minimum atomic E-state index is -0.0914. The summed E-state index contributed by atoms with van der Waals surface area (Å²) in [6.45, 7) is 7.82. The van der Waals surface area contributed by atoms with Crippen LogP contribution in [0.1, 0.15) is 25.1 Å². The molecule has 0 radical (unpaired) electrons. The van der Waals surface area contributed by atoms with Crippen molar-refractivity contribution in [3.8, 4) is 5.75 Å². The van der Waals surface area contributed by atoms with Gasteiger partial charge >= 0.3 is 0 Å². The van der Waals surface area contributed by atoms with Crippen molar-refractivity contribution in [2.75, 3.05) is 37.8 Å². The van der Waals surface area contributed by atoms with Crippen molar-refractivity contribution in [2.45, 2.75) is 37.4 Å². The molecule has 0 atom stereocenters. The predicted octanol–water partition coefficient (Wildman–Crippen LogP) is 3.23. The maximum atomic E-state index is 12.3.